The zero-order valence-corrected chi connectivity index (χ0v) is 15.2. The maximum atomic E-state index is 10.7. The predicted molar refractivity (Wildman–Crippen MR) is 96.5 cm³/mol. The van der Waals surface area contributed by atoms with E-state index in [2.05, 4.69) is 12.1 Å². The normalized spacial score (nSPS) is 38.8. The van der Waals surface area contributed by atoms with Gasteiger partial charge in [-0.2, -0.15) is 0 Å². The van der Waals surface area contributed by atoms with E-state index < -0.39 is 24.8 Å². The summed E-state index contributed by atoms with van der Waals surface area (Å²) in [4.78, 5) is 15.7. The summed E-state index contributed by atoms with van der Waals surface area (Å²) < 4.78 is 0. The van der Waals surface area contributed by atoms with Crippen LogP contribution in [0.5, 0.6) is 5.75 Å². The molecule has 3 aliphatic rings. The summed E-state index contributed by atoms with van der Waals surface area (Å²) in [6.45, 7) is 1.53. The van der Waals surface area contributed by atoms with Gasteiger partial charge in [0, 0.05) is 5.56 Å². The molecule has 2 saturated carbocycles. The molecular weight excluding hydrogens is 350 g/mol. The molecule has 0 radical (unpaired) electrons. The fraction of sp³-hybridized carbons (Fsp3) is 0.600. The molecule has 27 heavy (non-hydrogen) atoms. The Morgan fingerprint density at radius 3 is 2.89 bits per heavy atom. The number of fused-ring (bicyclic) bond motifs is 5. The molecule has 1 aromatic carbocycles. The van der Waals surface area contributed by atoms with Gasteiger partial charge >= 0.3 is 5.97 Å². The van der Waals surface area contributed by atoms with E-state index in [1.54, 1.807) is 12.1 Å². The van der Waals surface area contributed by atoms with Crippen molar-refractivity contribution in [3.8, 4) is 5.75 Å². The standard InChI is InChI=1S/C20H25NO6/c1-20-5-4-12-11-3-2-10(22)6-14(11)16(21-27-9-18(24)25)7-13(12)15(20)8-17(23)19(20)26/h2-3,6,12-13,15,17,19,22-23,26H,4-5,7-9H2,1H3,(H,24,25)/t12-,13-,15+,17-,19+,20+/m1/s1. The number of carboxylic acids is 1. The highest BCUT2D eigenvalue weighted by molar-refractivity contribution is 6.03. The van der Waals surface area contributed by atoms with Crippen molar-refractivity contribution in [2.45, 2.75) is 50.7 Å². The molecule has 7 heteroatoms. The van der Waals surface area contributed by atoms with Crippen molar-refractivity contribution in [1.82, 2.24) is 0 Å². The zero-order chi connectivity index (χ0) is 19.3. The number of aromatic hydroxyl groups is 1. The fourth-order valence-electron chi connectivity index (χ4n) is 5.65. The number of oxime groups is 1. The fourth-order valence-corrected chi connectivity index (χ4v) is 5.65. The number of hydrogen-bond donors (Lipinski definition) is 4. The number of aliphatic hydroxyl groups is 2. The number of phenolic OH excluding ortho intramolecular Hbond substituents is 1. The van der Waals surface area contributed by atoms with Crippen LogP contribution in [0, 0.1) is 17.3 Å². The molecule has 0 amide bonds. The predicted octanol–water partition coefficient (Wildman–Crippen LogP) is 1.84. The second-order valence-electron chi connectivity index (χ2n) is 8.35. The lowest BCUT2D eigenvalue weighted by atomic mass is 9.55. The van der Waals surface area contributed by atoms with E-state index in [-0.39, 0.29) is 28.9 Å². The Balaban J connectivity index is 1.73. The number of rotatable bonds is 3. The minimum atomic E-state index is -1.10. The molecule has 4 rings (SSSR count). The van der Waals surface area contributed by atoms with Crippen LogP contribution >= 0.6 is 0 Å². The van der Waals surface area contributed by atoms with Crippen LogP contribution in [0.3, 0.4) is 0 Å². The monoisotopic (exact) mass is 375 g/mol. The van der Waals surface area contributed by atoms with Crippen LogP contribution in [-0.2, 0) is 9.63 Å². The van der Waals surface area contributed by atoms with Gasteiger partial charge in [0.15, 0.2) is 0 Å². The number of benzene rings is 1. The largest absolute Gasteiger partial charge is 0.508 e. The molecule has 146 valence electrons. The van der Waals surface area contributed by atoms with Gasteiger partial charge in [-0.1, -0.05) is 18.1 Å². The topological polar surface area (TPSA) is 120 Å². The third-order valence-corrected chi connectivity index (χ3v) is 6.95. The van der Waals surface area contributed by atoms with Crippen molar-refractivity contribution in [3.63, 3.8) is 0 Å². The number of hydrogen-bond acceptors (Lipinski definition) is 6. The van der Waals surface area contributed by atoms with E-state index in [0.717, 1.165) is 24.0 Å². The summed E-state index contributed by atoms with van der Waals surface area (Å²) in [5.41, 5.74) is 2.15. The van der Waals surface area contributed by atoms with Crippen molar-refractivity contribution in [1.29, 1.82) is 0 Å². The van der Waals surface area contributed by atoms with Crippen LogP contribution in [0.15, 0.2) is 23.4 Å². The van der Waals surface area contributed by atoms with E-state index in [0.29, 0.717) is 18.6 Å². The molecule has 4 N–H and O–H groups in total. The molecule has 0 aromatic heterocycles. The third kappa shape index (κ3) is 2.89. The summed E-state index contributed by atoms with van der Waals surface area (Å²) in [7, 11) is 0. The molecule has 6 atom stereocenters. The Morgan fingerprint density at radius 2 is 2.15 bits per heavy atom. The minimum Gasteiger partial charge on any atom is -0.508 e. The van der Waals surface area contributed by atoms with E-state index in [1.807, 2.05) is 6.07 Å². The van der Waals surface area contributed by atoms with Gasteiger partial charge in [0.25, 0.3) is 0 Å². The first-order valence-corrected chi connectivity index (χ1v) is 9.41. The van der Waals surface area contributed by atoms with Gasteiger partial charge in [-0.05, 0) is 66.5 Å². The van der Waals surface area contributed by atoms with Gasteiger partial charge in [-0.25, -0.2) is 4.79 Å². The summed E-state index contributed by atoms with van der Waals surface area (Å²) in [5.74, 6) is -0.385. The van der Waals surface area contributed by atoms with E-state index in [4.69, 9.17) is 9.94 Å². The quantitative estimate of drug-likeness (QED) is 0.599. The molecule has 0 saturated heterocycles. The number of aliphatic hydroxyl groups excluding tert-OH is 2. The second kappa shape index (κ2) is 6.49. The second-order valence-corrected chi connectivity index (χ2v) is 8.35. The number of aliphatic carboxylic acids is 1. The SMILES string of the molecule is C[C@]12CC[C@@H]3c4ccc(O)cc4C(=NOCC(=O)O)C[C@H]3[C@@H]1C[C@@H](O)[C@@H]2O. The summed E-state index contributed by atoms with van der Waals surface area (Å²) in [6, 6.07) is 5.21. The van der Waals surface area contributed by atoms with Crippen molar-refractivity contribution in [2.75, 3.05) is 6.61 Å². The molecule has 3 aliphatic carbocycles. The molecule has 0 aliphatic heterocycles. The first-order valence-electron chi connectivity index (χ1n) is 9.41. The average molecular weight is 375 g/mol. The number of phenols is 1. The van der Waals surface area contributed by atoms with Crippen molar-refractivity contribution in [3.05, 3.63) is 29.3 Å². The Bertz CT molecular complexity index is 793. The molecule has 0 bridgehead atoms. The van der Waals surface area contributed by atoms with Crippen LogP contribution in [0.25, 0.3) is 0 Å². The Kier molecular flexibility index (Phi) is 4.39. The number of carboxylic acid groups (broad SMARTS) is 1. The van der Waals surface area contributed by atoms with Crippen LogP contribution < -0.4 is 0 Å². The van der Waals surface area contributed by atoms with Gasteiger partial charge in [0.2, 0.25) is 6.61 Å². The molecule has 0 spiro atoms. The third-order valence-electron chi connectivity index (χ3n) is 6.95. The van der Waals surface area contributed by atoms with Gasteiger partial charge < -0.3 is 25.3 Å². The van der Waals surface area contributed by atoms with Gasteiger partial charge in [-0.3, -0.25) is 0 Å². The summed E-state index contributed by atoms with van der Waals surface area (Å²) >= 11 is 0. The first-order chi connectivity index (χ1) is 12.8. The number of carbonyl (C=O) groups is 1. The van der Waals surface area contributed by atoms with Gasteiger partial charge in [0.05, 0.1) is 17.9 Å². The Labute approximate surface area is 157 Å². The highest BCUT2D eigenvalue weighted by atomic mass is 16.6. The highest BCUT2D eigenvalue weighted by Gasteiger charge is 2.58. The average Bonchev–Trinajstić information content (AvgIpc) is 2.85. The molecule has 7 nitrogen and oxygen atoms in total. The van der Waals surface area contributed by atoms with Crippen LogP contribution in [0.2, 0.25) is 0 Å². The first kappa shape index (κ1) is 18.3. The Morgan fingerprint density at radius 1 is 1.37 bits per heavy atom. The number of nitrogens with zero attached hydrogens (tertiary/aromatic N) is 1. The molecule has 0 heterocycles. The zero-order valence-electron chi connectivity index (χ0n) is 15.2. The smallest absolute Gasteiger partial charge is 0.344 e. The van der Waals surface area contributed by atoms with E-state index in [1.165, 1.54) is 0 Å². The van der Waals surface area contributed by atoms with Crippen LogP contribution in [0.1, 0.15) is 49.7 Å². The lowest BCUT2D eigenvalue weighted by Gasteiger charge is -2.49. The maximum Gasteiger partial charge on any atom is 0.344 e. The van der Waals surface area contributed by atoms with Crippen molar-refractivity contribution in [2.24, 2.45) is 22.4 Å². The molecular formula is C20H25NO6. The van der Waals surface area contributed by atoms with Gasteiger partial charge in [-0.15, -0.1) is 0 Å². The maximum absolute atomic E-state index is 10.7. The molecule has 2 fully saturated rings. The molecule has 0 unspecified atom stereocenters. The highest BCUT2D eigenvalue weighted by Crippen LogP contribution is 2.61. The molecule has 1 aromatic rings. The lowest BCUT2D eigenvalue weighted by molar-refractivity contribution is -0.142. The van der Waals surface area contributed by atoms with Crippen molar-refractivity contribution >= 4 is 11.7 Å². The van der Waals surface area contributed by atoms with E-state index >= 15 is 0 Å². The van der Waals surface area contributed by atoms with Crippen molar-refractivity contribution < 1.29 is 30.1 Å². The minimum absolute atomic E-state index is 0.130. The lowest BCUT2D eigenvalue weighted by Crippen LogP contribution is -2.45. The summed E-state index contributed by atoms with van der Waals surface area (Å²) in [5, 5.41) is 43.6. The van der Waals surface area contributed by atoms with Crippen LogP contribution in [-0.4, -0.2) is 50.9 Å². The van der Waals surface area contributed by atoms with Crippen LogP contribution in [0.4, 0.5) is 0 Å². The van der Waals surface area contributed by atoms with E-state index in [9.17, 15) is 20.1 Å². The summed E-state index contributed by atoms with van der Waals surface area (Å²) in [6.07, 6.45) is 1.40. The van der Waals surface area contributed by atoms with Gasteiger partial charge in [0.1, 0.15) is 5.75 Å². The Hall–Kier alpha value is -2.12.